The molecule has 1 aliphatic rings. The van der Waals surface area contributed by atoms with Crippen LogP contribution in [0.2, 0.25) is 0 Å². The predicted octanol–water partition coefficient (Wildman–Crippen LogP) is 5.08. The van der Waals surface area contributed by atoms with Crippen molar-refractivity contribution in [2.45, 2.75) is 55.8 Å². The molecule has 0 amide bonds. The van der Waals surface area contributed by atoms with Crippen LogP contribution in [0.1, 0.15) is 38.4 Å². The first-order valence-electron chi connectivity index (χ1n) is 11.2. The van der Waals surface area contributed by atoms with Gasteiger partial charge in [-0.2, -0.15) is 4.57 Å². The van der Waals surface area contributed by atoms with E-state index in [9.17, 15) is 18.0 Å². The lowest BCUT2D eigenvalue weighted by Gasteiger charge is -2.26. The number of hydrogen-bond acceptors (Lipinski definition) is 6. The third kappa shape index (κ3) is 6.00. The van der Waals surface area contributed by atoms with Gasteiger partial charge in [0, 0.05) is 11.1 Å². The van der Waals surface area contributed by atoms with Crippen molar-refractivity contribution in [3.8, 4) is 11.4 Å². The molecule has 1 aliphatic carbocycles. The number of benzene rings is 2. The number of carbonyl (C=O) groups is 1. The van der Waals surface area contributed by atoms with Gasteiger partial charge in [-0.25, -0.2) is 18.2 Å². The first-order chi connectivity index (χ1) is 16.6. The molecular weight excluding hydrogens is 579 g/mol. The van der Waals surface area contributed by atoms with Crippen molar-refractivity contribution in [2.24, 2.45) is 0 Å². The fourth-order valence-electron chi connectivity index (χ4n) is 3.96. The third-order valence-electron chi connectivity index (χ3n) is 5.52. The Bertz CT molecular complexity index is 1350. The number of rotatable bonds is 3. The quantitative estimate of drug-likeness (QED) is 0.304. The lowest BCUT2D eigenvalue weighted by atomic mass is 9.96. The van der Waals surface area contributed by atoms with Gasteiger partial charge in [-0.1, -0.05) is 71.1 Å². The molecule has 4 rings (SSSR count). The maximum Gasteiger partial charge on any atom is 0.423 e. The highest BCUT2D eigenvalue weighted by molar-refractivity contribution is 14.1. The molecule has 0 N–H and O–H groups in total. The number of nitrogens with zero attached hydrogens (tertiary/aromatic N) is 2. The second kappa shape index (κ2) is 11.0. The van der Waals surface area contributed by atoms with Gasteiger partial charge in [-0.3, -0.25) is 4.79 Å². The Labute approximate surface area is 219 Å². The highest BCUT2D eigenvalue weighted by Crippen LogP contribution is 2.29. The average molecular weight is 608 g/mol. The summed E-state index contributed by atoms with van der Waals surface area (Å²) in [7, 11) is -3.64. The molecule has 0 bridgehead atoms. The first kappa shape index (κ1) is 27.1. The minimum absolute atomic E-state index is 0.00371. The molecule has 0 fully saturated rings. The molecule has 1 heterocycles. The molecule has 35 heavy (non-hydrogen) atoms. The molecule has 1 atom stereocenters. The summed E-state index contributed by atoms with van der Waals surface area (Å²) in [6, 6.07) is 17.2. The molecule has 0 aliphatic heterocycles. The topological polar surface area (TPSA) is 95.3 Å². The first-order valence-corrected chi connectivity index (χ1v) is 14.9. The summed E-state index contributed by atoms with van der Waals surface area (Å²) in [4.78, 5) is 33.5. The van der Waals surface area contributed by atoms with Gasteiger partial charge in [0.05, 0.1) is 15.8 Å². The van der Waals surface area contributed by atoms with Crippen molar-refractivity contribution < 1.29 is 17.9 Å². The normalized spacial score (nSPS) is 15.4. The van der Waals surface area contributed by atoms with Crippen LogP contribution in [0.4, 0.5) is 4.79 Å². The Morgan fingerprint density at radius 1 is 1.03 bits per heavy atom. The fraction of sp³-hybridized carbons (Fsp3) is 0.346. The highest BCUT2D eigenvalue weighted by Gasteiger charge is 2.35. The van der Waals surface area contributed by atoms with Gasteiger partial charge in [0.25, 0.3) is 5.56 Å². The third-order valence-corrected chi connectivity index (χ3v) is 7.73. The van der Waals surface area contributed by atoms with Crippen molar-refractivity contribution in [1.29, 1.82) is 0 Å². The minimum atomic E-state index is -3.64. The molecule has 0 spiro atoms. The predicted molar refractivity (Wildman–Crippen MR) is 145 cm³/mol. The highest BCUT2D eigenvalue weighted by atomic mass is 127. The van der Waals surface area contributed by atoms with Crippen molar-refractivity contribution in [3.05, 3.63) is 82.3 Å². The SMILES string of the molecule is CC(C)(C)OC(=O)n1c(-c2ccccc2)nc2c(c1=O)CC(S(=O)(=O)c1ccccc1)CC2.CI. The minimum Gasteiger partial charge on any atom is -0.443 e. The fourth-order valence-corrected chi connectivity index (χ4v) is 5.70. The van der Waals surface area contributed by atoms with Gasteiger partial charge in [0.15, 0.2) is 15.7 Å². The van der Waals surface area contributed by atoms with Gasteiger partial charge in [0.2, 0.25) is 0 Å². The number of aromatic nitrogens is 2. The number of halogens is 1. The van der Waals surface area contributed by atoms with Crippen LogP contribution in [0, 0.1) is 0 Å². The number of alkyl halides is 1. The molecule has 0 radical (unpaired) electrons. The van der Waals surface area contributed by atoms with Crippen LogP contribution in [0.5, 0.6) is 0 Å². The van der Waals surface area contributed by atoms with E-state index in [0.717, 1.165) is 4.57 Å². The monoisotopic (exact) mass is 608 g/mol. The van der Waals surface area contributed by atoms with Crippen LogP contribution in [0.3, 0.4) is 0 Å². The number of sulfone groups is 1. The smallest absolute Gasteiger partial charge is 0.423 e. The Kier molecular flexibility index (Phi) is 8.53. The van der Waals surface area contributed by atoms with E-state index in [1.165, 1.54) is 0 Å². The molecule has 1 aromatic heterocycles. The lowest BCUT2D eigenvalue weighted by Crippen LogP contribution is -2.40. The molecule has 2 aromatic carbocycles. The van der Waals surface area contributed by atoms with Crippen LogP contribution < -0.4 is 5.56 Å². The molecule has 0 saturated carbocycles. The van der Waals surface area contributed by atoms with E-state index >= 15 is 0 Å². The van der Waals surface area contributed by atoms with E-state index in [1.54, 1.807) is 75.4 Å². The van der Waals surface area contributed by atoms with Crippen LogP contribution >= 0.6 is 22.6 Å². The summed E-state index contributed by atoms with van der Waals surface area (Å²) in [5.74, 6) is 0.193. The second-order valence-electron chi connectivity index (χ2n) is 9.07. The molecule has 9 heteroatoms. The average Bonchev–Trinajstić information content (AvgIpc) is 2.85. The van der Waals surface area contributed by atoms with E-state index < -0.39 is 32.3 Å². The molecule has 0 saturated heterocycles. The Hall–Kier alpha value is -2.53. The van der Waals surface area contributed by atoms with Crippen LogP contribution in [-0.2, 0) is 27.4 Å². The zero-order chi connectivity index (χ0) is 25.8. The number of fused-ring (bicyclic) bond motifs is 1. The van der Waals surface area contributed by atoms with E-state index in [1.807, 2.05) is 11.0 Å². The number of aryl methyl sites for hydroxylation is 1. The zero-order valence-electron chi connectivity index (χ0n) is 20.2. The molecular formula is C26H29IN2O5S. The summed E-state index contributed by atoms with van der Waals surface area (Å²) < 4.78 is 32.8. The van der Waals surface area contributed by atoms with Gasteiger partial charge < -0.3 is 4.74 Å². The maximum absolute atomic E-state index is 13.6. The zero-order valence-corrected chi connectivity index (χ0v) is 23.2. The summed E-state index contributed by atoms with van der Waals surface area (Å²) in [5.41, 5.74) is -0.0302. The van der Waals surface area contributed by atoms with Crippen molar-refractivity contribution in [1.82, 2.24) is 9.55 Å². The summed E-state index contributed by atoms with van der Waals surface area (Å²) in [5, 5.41) is -0.767. The summed E-state index contributed by atoms with van der Waals surface area (Å²) in [6.45, 7) is 5.14. The number of ether oxygens (including phenoxy) is 1. The number of hydrogen-bond donors (Lipinski definition) is 0. The van der Waals surface area contributed by atoms with E-state index in [4.69, 9.17) is 4.74 Å². The Morgan fingerprint density at radius 3 is 2.17 bits per heavy atom. The van der Waals surface area contributed by atoms with Crippen LogP contribution in [0.25, 0.3) is 11.4 Å². The van der Waals surface area contributed by atoms with Crippen LogP contribution in [0.15, 0.2) is 70.4 Å². The van der Waals surface area contributed by atoms with Gasteiger partial charge in [-0.05, 0) is 57.1 Å². The summed E-state index contributed by atoms with van der Waals surface area (Å²) >= 11 is 2.15. The molecule has 7 nitrogen and oxygen atoms in total. The van der Waals surface area contributed by atoms with Crippen molar-refractivity contribution >= 4 is 38.5 Å². The molecule has 1 unspecified atom stereocenters. The van der Waals surface area contributed by atoms with E-state index in [0.29, 0.717) is 24.1 Å². The Morgan fingerprint density at radius 2 is 1.60 bits per heavy atom. The van der Waals surface area contributed by atoms with Crippen LogP contribution in [-0.4, -0.2) is 39.8 Å². The number of carbonyl (C=O) groups excluding carboxylic acids is 1. The summed E-state index contributed by atoms with van der Waals surface area (Å²) in [6.07, 6.45) is -0.164. The standard InChI is InChI=1S/C25H26N2O5S.CH3I/c1-25(2,3)32-24(29)27-22(17-10-6-4-7-11-17)26-21-15-14-19(16-20(21)23(27)28)33(30,31)18-12-8-5-9-13-18;1-2/h4-13,19H,14-16H2,1-3H3;1H3. The van der Waals surface area contributed by atoms with E-state index in [-0.39, 0.29) is 22.7 Å². The lowest BCUT2D eigenvalue weighted by molar-refractivity contribution is 0.0531. The van der Waals surface area contributed by atoms with Gasteiger partial charge in [0.1, 0.15) is 5.60 Å². The van der Waals surface area contributed by atoms with Crippen molar-refractivity contribution in [2.75, 3.05) is 4.93 Å². The maximum atomic E-state index is 13.6. The molecule has 3 aromatic rings. The van der Waals surface area contributed by atoms with Gasteiger partial charge in [-0.15, -0.1) is 0 Å². The second-order valence-corrected chi connectivity index (χ2v) is 11.3. The Balaban J connectivity index is 0.00000167. The van der Waals surface area contributed by atoms with Gasteiger partial charge >= 0.3 is 6.09 Å². The largest absolute Gasteiger partial charge is 0.443 e. The van der Waals surface area contributed by atoms with Crippen molar-refractivity contribution in [3.63, 3.8) is 0 Å². The van der Waals surface area contributed by atoms with E-state index in [2.05, 4.69) is 27.6 Å². The molecule has 186 valence electrons.